The fourth-order valence-electron chi connectivity index (χ4n) is 3.60. The number of hydrogen-bond donors (Lipinski definition) is 1. The molecule has 0 unspecified atom stereocenters. The van der Waals surface area contributed by atoms with Gasteiger partial charge < -0.3 is 15.0 Å². The van der Waals surface area contributed by atoms with E-state index >= 15 is 0 Å². The lowest BCUT2D eigenvalue weighted by Gasteiger charge is -2.28. The Morgan fingerprint density at radius 3 is 2.82 bits per heavy atom. The molecule has 0 spiro atoms. The van der Waals surface area contributed by atoms with Crippen LogP contribution >= 0.6 is 11.8 Å². The average Bonchev–Trinajstić information content (AvgIpc) is 3.40. The van der Waals surface area contributed by atoms with Crippen molar-refractivity contribution in [3.8, 4) is 6.07 Å². The normalized spacial score (nSPS) is 21.7. The smallest absolute Gasteiger partial charge is 0.320 e. The third-order valence-electron chi connectivity index (χ3n) is 5.09. The van der Waals surface area contributed by atoms with Crippen LogP contribution in [0.2, 0.25) is 0 Å². The van der Waals surface area contributed by atoms with Crippen LogP contribution in [0, 0.1) is 11.3 Å². The number of esters is 1. The molecule has 1 aromatic rings. The van der Waals surface area contributed by atoms with Gasteiger partial charge in [0.05, 0.1) is 36.7 Å². The van der Waals surface area contributed by atoms with Crippen LogP contribution in [0.3, 0.4) is 0 Å². The van der Waals surface area contributed by atoms with Gasteiger partial charge in [0.15, 0.2) is 0 Å². The number of carbonyl (C=O) groups excluding carboxylic acids is 2. The highest BCUT2D eigenvalue weighted by atomic mass is 32.2. The minimum Gasteiger partial charge on any atom is -0.465 e. The predicted octanol–water partition coefficient (Wildman–Crippen LogP) is 1.19. The summed E-state index contributed by atoms with van der Waals surface area (Å²) in [4.78, 5) is 28.8. The fraction of sp³-hybridized carbons (Fsp3) is 0.550. The summed E-state index contributed by atoms with van der Waals surface area (Å²) in [5, 5.41) is 12.3. The third-order valence-corrected chi connectivity index (χ3v) is 6.06. The van der Waals surface area contributed by atoms with Gasteiger partial charge in [0, 0.05) is 31.4 Å². The van der Waals surface area contributed by atoms with Crippen LogP contribution in [0.25, 0.3) is 0 Å². The van der Waals surface area contributed by atoms with Gasteiger partial charge in [-0.05, 0) is 31.0 Å². The summed E-state index contributed by atoms with van der Waals surface area (Å²) in [6.45, 7) is 4.36. The number of rotatable bonds is 7. The zero-order valence-electron chi connectivity index (χ0n) is 16.1. The number of nitrogens with zero attached hydrogens (tertiary/aromatic N) is 3. The van der Waals surface area contributed by atoms with Gasteiger partial charge >= 0.3 is 5.97 Å². The molecule has 2 saturated heterocycles. The molecule has 28 heavy (non-hydrogen) atoms. The molecule has 1 amide bonds. The SMILES string of the molecule is CCOC(=O)CN(Cc1ccc(C#N)cc1)[C@@H]1CN[C@H](C(=O)N2CCSC2)C1. The van der Waals surface area contributed by atoms with E-state index in [9.17, 15) is 9.59 Å². The lowest BCUT2D eigenvalue weighted by molar-refractivity contribution is -0.145. The van der Waals surface area contributed by atoms with Gasteiger partial charge in [0.25, 0.3) is 0 Å². The van der Waals surface area contributed by atoms with Crippen LogP contribution in [0.15, 0.2) is 24.3 Å². The maximum absolute atomic E-state index is 12.7. The Morgan fingerprint density at radius 1 is 1.39 bits per heavy atom. The molecule has 2 aliphatic heterocycles. The standard InChI is InChI=1S/C20H26N4O3S/c1-2-27-19(25)13-24(12-16-5-3-15(10-21)4-6-16)17-9-18(22-11-17)20(26)23-7-8-28-14-23/h3-6,17-18,22H,2,7-9,11-14H2,1H3/t17-,18-/m0/s1. The van der Waals surface area contributed by atoms with Crippen molar-refractivity contribution in [3.63, 3.8) is 0 Å². The molecule has 7 nitrogen and oxygen atoms in total. The van der Waals surface area contributed by atoms with Gasteiger partial charge in [-0.25, -0.2) is 0 Å². The topological polar surface area (TPSA) is 85.7 Å². The number of hydrogen-bond acceptors (Lipinski definition) is 7. The Hall–Kier alpha value is -2.08. The number of benzene rings is 1. The number of nitrogens with one attached hydrogen (secondary N) is 1. The molecular formula is C20H26N4O3S. The number of nitriles is 1. The van der Waals surface area contributed by atoms with Crippen molar-refractivity contribution >= 4 is 23.6 Å². The van der Waals surface area contributed by atoms with E-state index in [4.69, 9.17) is 10.00 Å². The molecule has 150 valence electrons. The van der Waals surface area contributed by atoms with Crippen molar-refractivity contribution in [1.29, 1.82) is 5.26 Å². The molecule has 1 N–H and O–H groups in total. The van der Waals surface area contributed by atoms with Crippen molar-refractivity contribution in [2.45, 2.75) is 32.0 Å². The summed E-state index contributed by atoms with van der Waals surface area (Å²) >= 11 is 1.78. The first kappa shape index (κ1) is 20.6. The number of amides is 1. The number of carbonyl (C=O) groups is 2. The van der Waals surface area contributed by atoms with Crippen LogP contribution in [-0.4, -0.2) is 71.6 Å². The monoisotopic (exact) mass is 402 g/mol. The van der Waals surface area contributed by atoms with Crippen LogP contribution in [0.4, 0.5) is 0 Å². The Morgan fingerprint density at radius 2 is 2.18 bits per heavy atom. The van der Waals surface area contributed by atoms with E-state index in [0.717, 1.165) is 23.7 Å². The van der Waals surface area contributed by atoms with Crippen molar-refractivity contribution in [2.75, 3.05) is 37.9 Å². The number of ether oxygens (including phenoxy) is 1. The summed E-state index contributed by atoms with van der Waals surface area (Å²) in [7, 11) is 0. The Labute approximate surface area is 170 Å². The largest absolute Gasteiger partial charge is 0.465 e. The van der Waals surface area contributed by atoms with Gasteiger partial charge in [-0.2, -0.15) is 5.26 Å². The second kappa shape index (κ2) is 9.92. The molecule has 2 heterocycles. The summed E-state index contributed by atoms with van der Waals surface area (Å²) in [6.07, 6.45) is 0.676. The molecule has 0 aliphatic carbocycles. The average molecular weight is 403 g/mol. The van der Waals surface area contributed by atoms with Gasteiger partial charge in [-0.3, -0.25) is 14.5 Å². The molecule has 1 aromatic carbocycles. The molecule has 2 atom stereocenters. The lowest BCUT2D eigenvalue weighted by atomic mass is 10.1. The first-order chi connectivity index (χ1) is 13.6. The van der Waals surface area contributed by atoms with Gasteiger partial charge in [-0.15, -0.1) is 11.8 Å². The maximum Gasteiger partial charge on any atom is 0.320 e. The molecule has 8 heteroatoms. The Balaban J connectivity index is 1.66. The fourth-order valence-corrected chi connectivity index (χ4v) is 4.55. The molecule has 2 aliphatic rings. The van der Waals surface area contributed by atoms with Crippen molar-refractivity contribution in [3.05, 3.63) is 35.4 Å². The minimum absolute atomic E-state index is 0.0734. The van der Waals surface area contributed by atoms with E-state index < -0.39 is 0 Å². The second-order valence-electron chi connectivity index (χ2n) is 7.01. The molecule has 0 saturated carbocycles. The zero-order valence-corrected chi connectivity index (χ0v) is 16.9. The Kier molecular flexibility index (Phi) is 7.31. The van der Waals surface area contributed by atoms with E-state index in [1.807, 2.05) is 17.0 Å². The first-order valence-corrected chi connectivity index (χ1v) is 10.7. The van der Waals surface area contributed by atoms with E-state index in [2.05, 4.69) is 16.3 Å². The maximum atomic E-state index is 12.7. The summed E-state index contributed by atoms with van der Waals surface area (Å²) in [5.41, 5.74) is 1.63. The molecule has 3 rings (SSSR count). The van der Waals surface area contributed by atoms with Crippen LogP contribution in [0.1, 0.15) is 24.5 Å². The molecular weight excluding hydrogens is 376 g/mol. The van der Waals surface area contributed by atoms with Crippen molar-refractivity contribution < 1.29 is 14.3 Å². The third kappa shape index (κ3) is 5.25. The first-order valence-electron chi connectivity index (χ1n) is 9.59. The van der Waals surface area contributed by atoms with E-state index in [1.165, 1.54) is 0 Å². The van der Waals surface area contributed by atoms with Gasteiger partial charge in [-0.1, -0.05) is 12.1 Å². The molecule has 0 bridgehead atoms. The van der Waals surface area contributed by atoms with Crippen LogP contribution in [0.5, 0.6) is 0 Å². The zero-order chi connectivity index (χ0) is 19.9. The molecule has 0 aromatic heterocycles. The van der Waals surface area contributed by atoms with Crippen LogP contribution in [-0.2, 0) is 20.9 Å². The summed E-state index contributed by atoms with van der Waals surface area (Å²) < 4.78 is 5.14. The quantitative estimate of drug-likeness (QED) is 0.686. The number of thioether (sulfide) groups is 1. The van der Waals surface area contributed by atoms with E-state index in [1.54, 1.807) is 30.8 Å². The van der Waals surface area contributed by atoms with E-state index in [-0.39, 0.29) is 30.5 Å². The van der Waals surface area contributed by atoms with Gasteiger partial charge in [0.2, 0.25) is 5.91 Å². The van der Waals surface area contributed by atoms with Crippen molar-refractivity contribution in [1.82, 2.24) is 15.1 Å². The summed E-state index contributed by atoms with van der Waals surface area (Å²) in [6, 6.07) is 9.36. The predicted molar refractivity (Wildman–Crippen MR) is 107 cm³/mol. The molecule has 0 radical (unpaired) electrons. The summed E-state index contributed by atoms with van der Waals surface area (Å²) in [5.74, 6) is 1.65. The molecule has 2 fully saturated rings. The van der Waals surface area contributed by atoms with Crippen molar-refractivity contribution in [2.24, 2.45) is 0 Å². The lowest BCUT2D eigenvalue weighted by Crippen LogP contribution is -2.42. The Bertz CT molecular complexity index is 728. The minimum atomic E-state index is -0.262. The highest BCUT2D eigenvalue weighted by Crippen LogP contribution is 2.21. The highest BCUT2D eigenvalue weighted by molar-refractivity contribution is 7.99. The van der Waals surface area contributed by atoms with Crippen LogP contribution < -0.4 is 5.32 Å². The van der Waals surface area contributed by atoms with Gasteiger partial charge in [0.1, 0.15) is 0 Å². The highest BCUT2D eigenvalue weighted by Gasteiger charge is 2.36. The second-order valence-corrected chi connectivity index (χ2v) is 8.08. The van der Waals surface area contributed by atoms with E-state index in [0.29, 0.717) is 31.7 Å².